The van der Waals surface area contributed by atoms with Gasteiger partial charge in [0.2, 0.25) is 0 Å². The topological polar surface area (TPSA) is 0 Å². The Hall–Kier alpha value is 0.0400. The van der Waals surface area contributed by atoms with Crippen LogP contribution in [0.5, 0.6) is 0 Å². The minimum atomic E-state index is -0.216. The van der Waals surface area contributed by atoms with Crippen LogP contribution in [0.2, 0.25) is 10.0 Å². The van der Waals surface area contributed by atoms with Crippen LogP contribution in [0.15, 0.2) is 36.4 Å². The molecule has 0 N–H and O–H groups in total. The Labute approximate surface area is 135 Å². The molecule has 2 aromatic carbocycles. The molecule has 0 amide bonds. The van der Waals surface area contributed by atoms with Gasteiger partial charge in [-0.2, -0.15) is 0 Å². The average molecular weight is 411 g/mol. The lowest BCUT2D eigenvalue weighted by Crippen LogP contribution is -1.98. The Bertz CT molecular complexity index is 581. The van der Waals surface area contributed by atoms with Crippen molar-refractivity contribution in [1.29, 1.82) is 0 Å². The van der Waals surface area contributed by atoms with E-state index in [-0.39, 0.29) is 5.38 Å². The van der Waals surface area contributed by atoms with Crippen molar-refractivity contribution in [2.24, 2.45) is 0 Å². The van der Waals surface area contributed by atoms with Crippen LogP contribution in [0.3, 0.4) is 0 Å². The number of rotatable bonds is 2. The molecular weight excluding hydrogens is 401 g/mol. The van der Waals surface area contributed by atoms with Gasteiger partial charge in [-0.15, -0.1) is 11.6 Å². The van der Waals surface area contributed by atoms with E-state index in [1.807, 2.05) is 24.3 Å². The molecule has 0 heterocycles. The predicted molar refractivity (Wildman–Crippen MR) is 88.1 cm³/mol. The highest BCUT2D eigenvalue weighted by atomic mass is 127. The third-order valence-corrected chi connectivity index (χ3v) is 5.43. The van der Waals surface area contributed by atoms with E-state index >= 15 is 0 Å². The second kappa shape index (κ2) is 6.00. The van der Waals surface area contributed by atoms with Gasteiger partial charge >= 0.3 is 0 Å². The predicted octanol–water partition coefficient (Wildman–Crippen LogP) is 6.23. The molecule has 0 saturated heterocycles. The Morgan fingerprint density at radius 3 is 2.44 bits per heavy atom. The van der Waals surface area contributed by atoms with Crippen molar-refractivity contribution in [3.05, 3.63) is 66.7 Å². The van der Waals surface area contributed by atoms with E-state index in [0.29, 0.717) is 10.0 Å². The zero-order chi connectivity index (χ0) is 13.3. The van der Waals surface area contributed by atoms with E-state index in [0.717, 1.165) is 11.1 Å². The van der Waals surface area contributed by atoms with Gasteiger partial charge in [0.05, 0.1) is 15.4 Å². The van der Waals surface area contributed by atoms with Crippen molar-refractivity contribution >= 4 is 57.4 Å². The quantitative estimate of drug-likeness (QED) is 0.406. The van der Waals surface area contributed by atoms with Crippen molar-refractivity contribution < 1.29 is 0 Å². The molecule has 18 heavy (non-hydrogen) atoms. The van der Waals surface area contributed by atoms with Crippen LogP contribution in [0.1, 0.15) is 22.1 Å². The fourth-order valence-corrected chi connectivity index (χ4v) is 3.19. The number of hydrogen-bond donors (Lipinski definition) is 0. The van der Waals surface area contributed by atoms with Gasteiger partial charge in [0.15, 0.2) is 0 Å². The van der Waals surface area contributed by atoms with Crippen molar-refractivity contribution in [1.82, 2.24) is 0 Å². The smallest absolute Gasteiger partial charge is 0.0846 e. The molecule has 1 atom stereocenters. The summed E-state index contributed by atoms with van der Waals surface area (Å²) < 4.78 is 1.18. The summed E-state index contributed by atoms with van der Waals surface area (Å²) in [6.45, 7) is 2.07. The molecule has 0 aliphatic carbocycles. The van der Waals surface area contributed by atoms with E-state index in [9.17, 15) is 0 Å². The summed E-state index contributed by atoms with van der Waals surface area (Å²) in [7, 11) is 0. The summed E-state index contributed by atoms with van der Waals surface area (Å²) in [6, 6.07) is 11.6. The summed E-state index contributed by atoms with van der Waals surface area (Å²) in [5, 5.41) is 0.859. The fourth-order valence-electron chi connectivity index (χ4n) is 1.72. The second-order valence-corrected chi connectivity index (χ2v) is 6.34. The third-order valence-electron chi connectivity index (χ3n) is 2.73. The van der Waals surface area contributed by atoms with Crippen LogP contribution >= 0.6 is 57.4 Å². The molecule has 2 aromatic rings. The molecule has 2 rings (SSSR count). The van der Waals surface area contributed by atoms with Crippen LogP contribution in [0.4, 0.5) is 0 Å². The van der Waals surface area contributed by atoms with Crippen molar-refractivity contribution in [2.45, 2.75) is 12.3 Å². The van der Waals surface area contributed by atoms with Gasteiger partial charge in [0.25, 0.3) is 0 Å². The van der Waals surface area contributed by atoms with Crippen LogP contribution in [-0.2, 0) is 0 Å². The molecule has 0 nitrogen and oxygen atoms in total. The van der Waals surface area contributed by atoms with Gasteiger partial charge in [-0.1, -0.05) is 47.5 Å². The Balaban J connectivity index is 2.44. The standard InChI is InChI=1S/C14H10Cl3I/c1-8-3-2-4-10(14(8)18)13(17)9-5-6-11(15)12(16)7-9/h2-7,13H,1H3. The van der Waals surface area contributed by atoms with Crippen molar-refractivity contribution in [2.75, 3.05) is 0 Å². The van der Waals surface area contributed by atoms with Crippen LogP contribution in [-0.4, -0.2) is 0 Å². The summed E-state index contributed by atoms with van der Waals surface area (Å²) in [5.41, 5.74) is 3.27. The molecule has 0 aromatic heterocycles. The zero-order valence-corrected chi connectivity index (χ0v) is 14.0. The van der Waals surface area contributed by atoms with Crippen molar-refractivity contribution in [3.63, 3.8) is 0 Å². The summed E-state index contributed by atoms with van der Waals surface area (Å²) in [5.74, 6) is 0. The highest BCUT2D eigenvalue weighted by Crippen LogP contribution is 2.35. The van der Waals surface area contributed by atoms with E-state index in [1.54, 1.807) is 6.07 Å². The number of halogens is 4. The largest absolute Gasteiger partial charge is 0.113 e. The first-order chi connectivity index (χ1) is 8.50. The number of hydrogen-bond acceptors (Lipinski definition) is 0. The molecule has 0 fully saturated rings. The first-order valence-electron chi connectivity index (χ1n) is 5.34. The SMILES string of the molecule is Cc1cccc(C(Cl)c2ccc(Cl)c(Cl)c2)c1I. The third kappa shape index (κ3) is 2.96. The summed E-state index contributed by atoms with van der Waals surface area (Å²) in [6.07, 6.45) is 0. The van der Waals surface area contributed by atoms with Gasteiger partial charge in [0, 0.05) is 3.57 Å². The molecule has 4 heteroatoms. The van der Waals surface area contributed by atoms with Gasteiger partial charge in [0.1, 0.15) is 0 Å². The number of aryl methyl sites for hydroxylation is 1. The molecule has 0 radical (unpaired) electrons. The molecule has 1 unspecified atom stereocenters. The van der Waals surface area contributed by atoms with Crippen LogP contribution in [0, 0.1) is 10.5 Å². The lowest BCUT2D eigenvalue weighted by Gasteiger charge is -2.14. The molecule has 0 aliphatic heterocycles. The lowest BCUT2D eigenvalue weighted by atomic mass is 10.0. The van der Waals surface area contributed by atoms with Gasteiger partial charge in [-0.3, -0.25) is 0 Å². The van der Waals surface area contributed by atoms with Crippen LogP contribution in [0.25, 0.3) is 0 Å². The Morgan fingerprint density at radius 2 is 1.78 bits per heavy atom. The van der Waals surface area contributed by atoms with E-state index in [4.69, 9.17) is 34.8 Å². The van der Waals surface area contributed by atoms with E-state index < -0.39 is 0 Å². The molecule has 94 valence electrons. The van der Waals surface area contributed by atoms with Gasteiger partial charge in [-0.05, 0) is 58.3 Å². The number of alkyl halides is 1. The Morgan fingerprint density at radius 1 is 1.06 bits per heavy atom. The summed E-state index contributed by atoms with van der Waals surface area (Å²) in [4.78, 5) is 0. The maximum atomic E-state index is 6.53. The fraction of sp³-hybridized carbons (Fsp3) is 0.143. The molecule has 0 saturated carbocycles. The van der Waals surface area contributed by atoms with Gasteiger partial charge < -0.3 is 0 Å². The minimum absolute atomic E-state index is 0.216. The molecule has 0 spiro atoms. The highest BCUT2D eigenvalue weighted by molar-refractivity contribution is 14.1. The lowest BCUT2D eigenvalue weighted by molar-refractivity contribution is 1.12. The molecule has 0 bridgehead atoms. The highest BCUT2D eigenvalue weighted by Gasteiger charge is 2.15. The van der Waals surface area contributed by atoms with Gasteiger partial charge in [-0.25, -0.2) is 0 Å². The number of benzene rings is 2. The summed E-state index contributed by atoms with van der Waals surface area (Å²) >= 11 is 20.8. The zero-order valence-electron chi connectivity index (χ0n) is 9.55. The minimum Gasteiger partial charge on any atom is -0.113 e. The molecule has 0 aliphatic rings. The second-order valence-electron chi connectivity index (χ2n) is 4.01. The van der Waals surface area contributed by atoms with E-state index in [1.165, 1.54) is 9.13 Å². The first kappa shape index (κ1) is 14.4. The van der Waals surface area contributed by atoms with Crippen molar-refractivity contribution in [3.8, 4) is 0 Å². The maximum Gasteiger partial charge on any atom is 0.0846 e. The normalized spacial score (nSPS) is 12.5. The van der Waals surface area contributed by atoms with E-state index in [2.05, 4.69) is 35.6 Å². The average Bonchev–Trinajstić information content (AvgIpc) is 2.35. The maximum absolute atomic E-state index is 6.53. The van der Waals surface area contributed by atoms with Crippen LogP contribution < -0.4 is 0 Å². The monoisotopic (exact) mass is 410 g/mol. The Kier molecular flexibility index (Phi) is 4.81. The first-order valence-corrected chi connectivity index (χ1v) is 7.62. The molecular formula is C14H10Cl3I.